The molecule has 1 fully saturated rings. The summed E-state index contributed by atoms with van der Waals surface area (Å²) in [4.78, 5) is 0. The van der Waals surface area contributed by atoms with E-state index in [1.165, 1.54) is 51.4 Å². The molecule has 0 unspecified atom stereocenters. The third kappa shape index (κ3) is 2.47. The Bertz CT molecular complexity index is 402. The first-order valence-corrected chi connectivity index (χ1v) is 7.66. The van der Waals surface area contributed by atoms with Gasteiger partial charge in [0, 0.05) is 6.04 Å². The normalized spacial score (nSPS) is 27.8. The molecular weight excluding hydrogens is 218 g/mol. The first-order chi connectivity index (χ1) is 8.86. The van der Waals surface area contributed by atoms with E-state index < -0.39 is 0 Å². The van der Waals surface area contributed by atoms with E-state index in [1.807, 2.05) is 0 Å². The van der Waals surface area contributed by atoms with Crippen molar-refractivity contribution in [2.75, 3.05) is 7.05 Å². The molecule has 3 rings (SSSR count). The summed E-state index contributed by atoms with van der Waals surface area (Å²) in [7, 11) is 2.10. The van der Waals surface area contributed by atoms with Gasteiger partial charge in [-0.1, -0.05) is 18.2 Å². The van der Waals surface area contributed by atoms with Crippen LogP contribution in [0.15, 0.2) is 18.2 Å². The lowest BCUT2D eigenvalue weighted by Crippen LogP contribution is -2.29. The summed E-state index contributed by atoms with van der Waals surface area (Å²) in [5, 5.41) is 3.43. The molecule has 0 aromatic heterocycles. The van der Waals surface area contributed by atoms with Gasteiger partial charge in [0.15, 0.2) is 0 Å². The number of fused-ring (bicyclic) bond motifs is 1. The van der Waals surface area contributed by atoms with E-state index in [4.69, 9.17) is 0 Å². The van der Waals surface area contributed by atoms with Crippen molar-refractivity contribution in [1.82, 2.24) is 5.32 Å². The zero-order valence-electron chi connectivity index (χ0n) is 11.5. The average Bonchev–Trinajstić information content (AvgIpc) is 2.47. The lowest BCUT2D eigenvalue weighted by Gasteiger charge is -2.29. The molecule has 1 saturated carbocycles. The van der Waals surface area contributed by atoms with Gasteiger partial charge < -0.3 is 5.32 Å². The fourth-order valence-corrected chi connectivity index (χ4v) is 3.72. The minimum atomic E-state index is 0.763. The number of aryl methyl sites for hydroxylation is 2. The molecule has 0 heterocycles. The summed E-state index contributed by atoms with van der Waals surface area (Å²) in [5.41, 5.74) is 4.88. The molecule has 0 saturated heterocycles. The molecule has 2 aliphatic carbocycles. The smallest absolute Gasteiger partial charge is 0.00644 e. The molecule has 1 N–H and O–H groups in total. The molecule has 1 heteroatoms. The van der Waals surface area contributed by atoms with Crippen molar-refractivity contribution in [3.63, 3.8) is 0 Å². The molecule has 2 aliphatic rings. The van der Waals surface area contributed by atoms with E-state index in [1.54, 1.807) is 16.7 Å². The molecule has 0 amide bonds. The number of rotatable bonds is 2. The molecular formula is C17H25N. The fraction of sp³-hybridized carbons (Fsp3) is 0.647. The van der Waals surface area contributed by atoms with Crippen LogP contribution in [0.2, 0.25) is 0 Å². The fourth-order valence-electron chi connectivity index (χ4n) is 3.72. The minimum Gasteiger partial charge on any atom is -0.317 e. The van der Waals surface area contributed by atoms with Crippen molar-refractivity contribution in [3.05, 3.63) is 34.9 Å². The van der Waals surface area contributed by atoms with Crippen LogP contribution < -0.4 is 5.32 Å². The second-order valence-electron chi connectivity index (χ2n) is 6.07. The molecule has 0 radical (unpaired) electrons. The Hall–Kier alpha value is -0.820. The van der Waals surface area contributed by atoms with Crippen LogP contribution in [0.5, 0.6) is 0 Å². The van der Waals surface area contributed by atoms with Crippen LogP contribution in [0.25, 0.3) is 0 Å². The van der Waals surface area contributed by atoms with Gasteiger partial charge in [-0.2, -0.15) is 0 Å². The molecule has 18 heavy (non-hydrogen) atoms. The predicted octanol–water partition coefficient (Wildman–Crippen LogP) is 3.81. The largest absolute Gasteiger partial charge is 0.317 e. The summed E-state index contributed by atoms with van der Waals surface area (Å²) in [6, 6.07) is 8.11. The Morgan fingerprint density at radius 1 is 0.944 bits per heavy atom. The van der Waals surface area contributed by atoms with Gasteiger partial charge in [-0.3, -0.25) is 0 Å². The minimum absolute atomic E-state index is 0.763. The second kappa shape index (κ2) is 5.44. The summed E-state index contributed by atoms with van der Waals surface area (Å²) < 4.78 is 0. The summed E-state index contributed by atoms with van der Waals surface area (Å²) >= 11 is 0. The van der Waals surface area contributed by atoms with Gasteiger partial charge in [0.05, 0.1) is 0 Å². The van der Waals surface area contributed by atoms with E-state index >= 15 is 0 Å². The van der Waals surface area contributed by atoms with Crippen LogP contribution in [0.3, 0.4) is 0 Å². The van der Waals surface area contributed by atoms with Crippen LogP contribution in [-0.2, 0) is 12.8 Å². The summed E-state index contributed by atoms with van der Waals surface area (Å²) in [5.74, 6) is 0.821. The van der Waals surface area contributed by atoms with Gasteiger partial charge in [-0.15, -0.1) is 0 Å². The van der Waals surface area contributed by atoms with Crippen molar-refractivity contribution < 1.29 is 0 Å². The Kier molecular flexibility index (Phi) is 3.69. The van der Waals surface area contributed by atoms with Crippen molar-refractivity contribution >= 4 is 0 Å². The number of hydrogen-bond donors (Lipinski definition) is 1. The number of benzene rings is 1. The van der Waals surface area contributed by atoms with E-state index in [0.717, 1.165) is 12.0 Å². The van der Waals surface area contributed by atoms with E-state index in [9.17, 15) is 0 Å². The lowest BCUT2D eigenvalue weighted by molar-refractivity contribution is 0.358. The second-order valence-corrected chi connectivity index (χ2v) is 6.07. The average molecular weight is 243 g/mol. The lowest BCUT2D eigenvalue weighted by atomic mass is 9.80. The SMILES string of the molecule is CNC1CCC(c2ccc3c(c2)CCCC3)CC1. The standard InChI is InChI=1S/C17H25N/c1-18-17-10-8-14(9-11-17)16-7-6-13-4-2-3-5-15(13)12-16/h6-7,12,14,17-18H,2-5,8-11H2,1H3. The van der Waals surface area contributed by atoms with Gasteiger partial charge in [-0.05, 0) is 81.0 Å². The zero-order chi connectivity index (χ0) is 12.4. The Labute approximate surface area is 111 Å². The molecule has 0 aliphatic heterocycles. The highest BCUT2D eigenvalue weighted by Crippen LogP contribution is 2.34. The molecule has 1 aromatic carbocycles. The van der Waals surface area contributed by atoms with Gasteiger partial charge in [0.25, 0.3) is 0 Å². The van der Waals surface area contributed by atoms with Gasteiger partial charge >= 0.3 is 0 Å². The van der Waals surface area contributed by atoms with Crippen LogP contribution in [-0.4, -0.2) is 13.1 Å². The van der Waals surface area contributed by atoms with Crippen molar-refractivity contribution in [3.8, 4) is 0 Å². The van der Waals surface area contributed by atoms with Crippen LogP contribution >= 0.6 is 0 Å². The highest BCUT2D eigenvalue weighted by Gasteiger charge is 2.22. The maximum absolute atomic E-state index is 3.43. The monoisotopic (exact) mass is 243 g/mol. The Morgan fingerprint density at radius 2 is 1.67 bits per heavy atom. The number of hydrogen-bond acceptors (Lipinski definition) is 1. The quantitative estimate of drug-likeness (QED) is 0.833. The molecule has 1 nitrogen and oxygen atoms in total. The summed E-state index contributed by atoms with van der Waals surface area (Å²) in [6.45, 7) is 0. The Balaban J connectivity index is 1.73. The van der Waals surface area contributed by atoms with Crippen molar-refractivity contribution in [2.24, 2.45) is 0 Å². The Morgan fingerprint density at radius 3 is 2.39 bits per heavy atom. The topological polar surface area (TPSA) is 12.0 Å². The summed E-state index contributed by atoms with van der Waals surface area (Å²) in [6.07, 6.45) is 10.8. The van der Waals surface area contributed by atoms with Gasteiger partial charge in [0.2, 0.25) is 0 Å². The maximum atomic E-state index is 3.43. The van der Waals surface area contributed by atoms with Crippen molar-refractivity contribution in [2.45, 2.75) is 63.3 Å². The highest BCUT2D eigenvalue weighted by molar-refractivity contribution is 5.35. The molecule has 98 valence electrons. The van der Waals surface area contributed by atoms with Gasteiger partial charge in [-0.25, -0.2) is 0 Å². The predicted molar refractivity (Wildman–Crippen MR) is 77.1 cm³/mol. The third-order valence-corrected chi connectivity index (χ3v) is 4.98. The third-order valence-electron chi connectivity index (χ3n) is 4.98. The van der Waals surface area contributed by atoms with E-state index in [0.29, 0.717) is 0 Å². The van der Waals surface area contributed by atoms with E-state index in [2.05, 4.69) is 30.6 Å². The number of nitrogens with one attached hydrogen (secondary N) is 1. The van der Waals surface area contributed by atoms with Crippen LogP contribution in [0.1, 0.15) is 61.1 Å². The zero-order valence-corrected chi connectivity index (χ0v) is 11.5. The van der Waals surface area contributed by atoms with Gasteiger partial charge in [0.1, 0.15) is 0 Å². The molecule has 0 atom stereocenters. The first kappa shape index (κ1) is 12.2. The van der Waals surface area contributed by atoms with Crippen LogP contribution in [0.4, 0.5) is 0 Å². The molecule has 0 bridgehead atoms. The highest BCUT2D eigenvalue weighted by atomic mass is 14.9. The molecule has 0 spiro atoms. The molecule has 1 aromatic rings. The van der Waals surface area contributed by atoms with Crippen molar-refractivity contribution in [1.29, 1.82) is 0 Å². The van der Waals surface area contributed by atoms with E-state index in [-0.39, 0.29) is 0 Å². The van der Waals surface area contributed by atoms with Crippen LogP contribution in [0, 0.1) is 0 Å². The maximum Gasteiger partial charge on any atom is 0.00644 e. The first-order valence-electron chi connectivity index (χ1n) is 7.66.